The third-order valence-electron chi connectivity index (χ3n) is 3.04. The van der Waals surface area contributed by atoms with Crippen LogP contribution in [0, 0.1) is 24.4 Å². The molecule has 0 spiro atoms. The Kier molecular flexibility index (Phi) is 4.93. The fourth-order valence-corrected chi connectivity index (χ4v) is 2.90. The summed E-state index contributed by atoms with van der Waals surface area (Å²) in [5.74, 6) is -2.27. The van der Waals surface area contributed by atoms with Crippen molar-refractivity contribution in [3.63, 3.8) is 0 Å². The zero-order valence-corrected chi connectivity index (χ0v) is 13.2. The number of rotatable bonds is 4. The van der Waals surface area contributed by atoms with E-state index in [0.29, 0.717) is 30.1 Å². The summed E-state index contributed by atoms with van der Waals surface area (Å²) < 4.78 is 46.3. The molecule has 2 aromatic carbocycles. The molecule has 1 unspecified atom stereocenters. The summed E-state index contributed by atoms with van der Waals surface area (Å²) >= 11 is 3.29. The lowest BCUT2D eigenvalue weighted by molar-refractivity contribution is 0.336. The van der Waals surface area contributed by atoms with Crippen molar-refractivity contribution in [1.82, 2.24) is 0 Å². The van der Waals surface area contributed by atoms with Crippen molar-refractivity contribution in [2.24, 2.45) is 0 Å². The van der Waals surface area contributed by atoms with E-state index in [-0.39, 0.29) is 5.56 Å². The monoisotopic (exact) mass is 358 g/mol. The topological polar surface area (TPSA) is 9.23 Å². The van der Waals surface area contributed by atoms with Gasteiger partial charge in [-0.1, -0.05) is 33.6 Å². The van der Waals surface area contributed by atoms with Crippen LogP contribution in [0.3, 0.4) is 0 Å². The second-order valence-electron chi connectivity index (χ2n) is 4.62. The van der Waals surface area contributed by atoms with Crippen molar-refractivity contribution in [2.45, 2.75) is 18.7 Å². The lowest BCUT2D eigenvalue weighted by Crippen LogP contribution is -2.05. The van der Waals surface area contributed by atoms with Gasteiger partial charge in [0.25, 0.3) is 0 Å². The van der Waals surface area contributed by atoms with Gasteiger partial charge in [0.1, 0.15) is 23.2 Å². The zero-order valence-electron chi connectivity index (χ0n) is 11.6. The smallest absolute Gasteiger partial charge is 0.133 e. The molecule has 0 aliphatic heterocycles. The van der Waals surface area contributed by atoms with Gasteiger partial charge >= 0.3 is 0 Å². The van der Waals surface area contributed by atoms with Gasteiger partial charge in [-0.3, -0.25) is 0 Å². The first-order chi connectivity index (χ1) is 9.93. The Labute approximate surface area is 129 Å². The molecule has 0 N–H and O–H groups in total. The van der Waals surface area contributed by atoms with E-state index < -0.39 is 22.3 Å². The first-order valence-electron chi connectivity index (χ1n) is 6.46. The molecule has 2 rings (SSSR count). The molecule has 0 radical (unpaired) electrons. The number of halogens is 4. The van der Waals surface area contributed by atoms with E-state index in [9.17, 15) is 13.2 Å². The van der Waals surface area contributed by atoms with Gasteiger partial charge in [-0.2, -0.15) is 0 Å². The normalized spacial score (nSPS) is 12.3. The molecular formula is C16H14BrF3O. The molecule has 21 heavy (non-hydrogen) atoms. The molecule has 0 amide bonds. The third kappa shape index (κ3) is 3.40. The molecule has 112 valence electrons. The van der Waals surface area contributed by atoms with E-state index in [1.165, 1.54) is 0 Å². The molecule has 1 nitrogen and oxygen atoms in total. The number of benzene rings is 2. The summed E-state index contributed by atoms with van der Waals surface area (Å²) in [5.41, 5.74) is 1.30. The van der Waals surface area contributed by atoms with Crippen molar-refractivity contribution in [3.05, 3.63) is 64.5 Å². The third-order valence-corrected chi connectivity index (χ3v) is 3.99. The van der Waals surface area contributed by atoms with Gasteiger partial charge in [-0.05, 0) is 19.9 Å². The lowest BCUT2D eigenvalue weighted by Gasteiger charge is -2.17. The summed E-state index contributed by atoms with van der Waals surface area (Å²) in [7, 11) is 0. The van der Waals surface area contributed by atoms with Gasteiger partial charge in [-0.15, -0.1) is 0 Å². The Morgan fingerprint density at radius 1 is 1.10 bits per heavy atom. The van der Waals surface area contributed by atoms with Crippen LogP contribution in [0.2, 0.25) is 0 Å². The average Bonchev–Trinajstić information content (AvgIpc) is 2.39. The Morgan fingerprint density at radius 3 is 2.29 bits per heavy atom. The number of ether oxygens (including phenoxy) is 1. The Bertz CT molecular complexity index is 635. The molecule has 0 aliphatic carbocycles. The SMILES string of the molecule is CCOc1ccc(C)cc1C(Br)c1c(F)cc(F)cc1F. The highest BCUT2D eigenvalue weighted by molar-refractivity contribution is 9.09. The first-order valence-corrected chi connectivity index (χ1v) is 7.37. The molecular weight excluding hydrogens is 345 g/mol. The molecule has 1 atom stereocenters. The number of hydrogen-bond acceptors (Lipinski definition) is 1. The van der Waals surface area contributed by atoms with Crippen molar-refractivity contribution >= 4 is 15.9 Å². The van der Waals surface area contributed by atoms with Gasteiger partial charge in [-0.25, -0.2) is 13.2 Å². The number of aryl methyl sites for hydroxylation is 1. The average molecular weight is 359 g/mol. The first kappa shape index (κ1) is 15.9. The predicted molar refractivity (Wildman–Crippen MR) is 79.4 cm³/mol. The van der Waals surface area contributed by atoms with E-state index in [1.54, 1.807) is 12.1 Å². The Balaban J connectivity index is 2.54. The van der Waals surface area contributed by atoms with Crippen molar-refractivity contribution in [2.75, 3.05) is 6.61 Å². The maximum atomic E-state index is 13.9. The van der Waals surface area contributed by atoms with Gasteiger partial charge in [0.05, 0.1) is 11.4 Å². The van der Waals surface area contributed by atoms with Crippen LogP contribution in [0.25, 0.3) is 0 Å². The van der Waals surface area contributed by atoms with Crippen LogP contribution in [0.4, 0.5) is 13.2 Å². The summed E-state index contributed by atoms with van der Waals surface area (Å²) in [6.07, 6.45) is 0. The minimum atomic E-state index is -0.942. The van der Waals surface area contributed by atoms with E-state index in [0.717, 1.165) is 5.56 Å². The summed E-state index contributed by atoms with van der Waals surface area (Å²) in [5, 5.41) is 0. The fraction of sp³-hybridized carbons (Fsp3) is 0.250. The van der Waals surface area contributed by atoms with Gasteiger partial charge in [0.15, 0.2) is 0 Å². The molecule has 0 heterocycles. The quantitative estimate of drug-likeness (QED) is 0.674. The molecule has 0 bridgehead atoms. The lowest BCUT2D eigenvalue weighted by atomic mass is 10.0. The minimum Gasteiger partial charge on any atom is -0.494 e. The number of hydrogen-bond donors (Lipinski definition) is 0. The molecule has 0 saturated heterocycles. The summed E-state index contributed by atoms with van der Waals surface area (Å²) in [6.45, 7) is 4.13. The highest BCUT2D eigenvalue weighted by Gasteiger charge is 2.23. The molecule has 2 aromatic rings. The van der Waals surface area contributed by atoms with Crippen LogP contribution < -0.4 is 4.74 Å². The Hall–Kier alpha value is -1.49. The van der Waals surface area contributed by atoms with Crippen LogP contribution in [-0.2, 0) is 0 Å². The highest BCUT2D eigenvalue weighted by atomic mass is 79.9. The van der Waals surface area contributed by atoms with E-state index in [2.05, 4.69) is 15.9 Å². The number of alkyl halides is 1. The van der Waals surface area contributed by atoms with Gasteiger partial charge < -0.3 is 4.74 Å². The van der Waals surface area contributed by atoms with Crippen molar-refractivity contribution in [1.29, 1.82) is 0 Å². The van der Waals surface area contributed by atoms with Crippen LogP contribution in [0.1, 0.15) is 28.4 Å². The largest absolute Gasteiger partial charge is 0.494 e. The molecule has 5 heteroatoms. The van der Waals surface area contributed by atoms with Crippen LogP contribution in [0.5, 0.6) is 5.75 Å². The molecule has 0 saturated carbocycles. The second kappa shape index (κ2) is 6.52. The standard InChI is InChI=1S/C16H14BrF3O/c1-3-21-14-5-4-9(2)6-11(14)16(17)15-12(19)7-10(18)8-13(15)20/h4-8,16H,3H2,1-2H3. The maximum absolute atomic E-state index is 13.9. The predicted octanol–water partition coefficient (Wildman–Crippen LogP) is 5.30. The Morgan fingerprint density at radius 2 is 1.71 bits per heavy atom. The summed E-state index contributed by atoms with van der Waals surface area (Å²) in [4.78, 5) is -0.764. The minimum absolute atomic E-state index is 0.233. The maximum Gasteiger partial charge on any atom is 0.133 e. The van der Waals surface area contributed by atoms with Crippen LogP contribution in [0.15, 0.2) is 30.3 Å². The molecule has 0 fully saturated rings. The molecule has 0 aromatic heterocycles. The van der Waals surface area contributed by atoms with Crippen molar-refractivity contribution < 1.29 is 17.9 Å². The second-order valence-corrected chi connectivity index (χ2v) is 5.54. The summed E-state index contributed by atoms with van der Waals surface area (Å²) in [6, 6.07) is 6.73. The molecule has 0 aliphatic rings. The fourth-order valence-electron chi connectivity index (χ4n) is 2.10. The zero-order chi connectivity index (χ0) is 15.6. The van der Waals surface area contributed by atoms with E-state index in [4.69, 9.17) is 4.74 Å². The van der Waals surface area contributed by atoms with Crippen LogP contribution >= 0.6 is 15.9 Å². The van der Waals surface area contributed by atoms with E-state index >= 15 is 0 Å². The van der Waals surface area contributed by atoms with Crippen LogP contribution in [-0.4, -0.2) is 6.61 Å². The highest BCUT2D eigenvalue weighted by Crippen LogP contribution is 2.39. The van der Waals surface area contributed by atoms with E-state index in [1.807, 2.05) is 19.9 Å². The van der Waals surface area contributed by atoms with Gasteiger partial charge in [0.2, 0.25) is 0 Å². The van der Waals surface area contributed by atoms with Crippen molar-refractivity contribution in [3.8, 4) is 5.75 Å². The van der Waals surface area contributed by atoms with Gasteiger partial charge in [0, 0.05) is 23.3 Å².